The highest BCUT2D eigenvalue weighted by atomic mass is 32.1. The van der Waals surface area contributed by atoms with Crippen LogP contribution in [0.2, 0.25) is 0 Å². The van der Waals surface area contributed by atoms with Crippen molar-refractivity contribution in [2.24, 2.45) is 0 Å². The first-order chi connectivity index (χ1) is 11.1. The number of thiazole rings is 2. The van der Waals surface area contributed by atoms with Crippen LogP contribution in [0.1, 0.15) is 21.1 Å². The second-order valence-corrected chi connectivity index (χ2v) is 7.20. The average Bonchev–Trinajstić information content (AvgIpc) is 3.11. The third-order valence-corrected chi connectivity index (χ3v) is 4.83. The van der Waals surface area contributed by atoms with Crippen molar-refractivity contribution in [3.8, 4) is 0 Å². The van der Waals surface area contributed by atoms with E-state index in [0.29, 0.717) is 11.6 Å². The standard InChI is InChI=1S/C16H14FN3OS2/c1-10-19-13(9-22-10)7-15(21)20-16-18-8-14(23-16)6-11-2-4-12(17)5-3-11/h2-5,8-9H,6-7H2,1H3,(H,18,20,21). The highest BCUT2D eigenvalue weighted by Gasteiger charge is 2.10. The highest BCUT2D eigenvalue weighted by molar-refractivity contribution is 7.15. The number of nitrogens with one attached hydrogen (secondary N) is 1. The number of hydrogen-bond acceptors (Lipinski definition) is 5. The number of carbonyl (C=O) groups excluding carboxylic acids is 1. The van der Waals surface area contributed by atoms with Crippen molar-refractivity contribution in [1.82, 2.24) is 9.97 Å². The number of nitrogens with zero attached hydrogens (tertiary/aromatic N) is 2. The molecule has 7 heteroatoms. The van der Waals surface area contributed by atoms with Crippen molar-refractivity contribution >= 4 is 33.7 Å². The largest absolute Gasteiger partial charge is 0.302 e. The van der Waals surface area contributed by atoms with Crippen LogP contribution >= 0.6 is 22.7 Å². The normalized spacial score (nSPS) is 10.7. The summed E-state index contributed by atoms with van der Waals surface area (Å²) in [7, 11) is 0. The maximum atomic E-state index is 12.9. The number of aromatic nitrogens is 2. The van der Waals surface area contributed by atoms with Crippen molar-refractivity contribution in [2.45, 2.75) is 19.8 Å². The number of rotatable bonds is 5. The number of carbonyl (C=O) groups is 1. The monoisotopic (exact) mass is 347 g/mol. The summed E-state index contributed by atoms with van der Waals surface area (Å²) in [6.45, 7) is 1.91. The molecule has 118 valence electrons. The van der Waals surface area contributed by atoms with Gasteiger partial charge in [-0.2, -0.15) is 0 Å². The van der Waals surface area contributed by atoms with Crippen molar-refractivity contribution in [1.29, 1.82) is 0 Å². The number of anilines is 1. The zero-order chi connectivity index (χ0) is 16.2. The van der Waals surface area contributed by atoms with Crippen LogP contribution in [0.3, 0.4) is 0 Å². The minimum atomic E-state index is -0.247. The minimum Gasteiger partial charge on any atom is -0.302 e. The van der Waals surface area contributed by atoms with Crippen molar-refractivity contribution in [3.63, 3.8) is 0 Å². The Labute approximate surface area is 141 Å². The molecule has 0 aliphatic heterocycles. The summed E-state index contributed by atoms with van der Waals surface area (Å²) in [5, 5.41) is 6.19. The van der Waals surface area contributed by atoms with E-state index in [9.17, 15) is 9.18 Å². The van der Waals surface area contributed by atoms with Gasteiger partial charge in [0.2, 0.25) is 5.91 Å². The number of aryl methyl sites for hydroxylation is 1. The number of hydrogen-bond donors (Lipinski definition) is 1. The molecule has 0 spiro atoms. The van der Waals surface area contributed by atoms with Crippen LogP contribution in [-0.4, -0.2) is 15.9 Å². The summed E-state index contributed by atoms with van der Waals surface area (Å²) >= 11 is 2.95. The Morgan fingerprint density at radius 3 is 2.78 bits per heavy atom. The molecule has 2 heterocycles. The van der Waals surface area contributed by atoms with Gasteiger partial charge in [0, 0.05) is 22.9 Å². The van der Waals surface area contributed by atoms with E-state index in [1.54, 1.807) is 18.3 Å². The molecule has 0 atom stereocenters. The first kappa shape index (κ1) is 15.8. The maximum absolute atomic E-state index is 12.9. The molecular weight excluding hydrogens is 333 g/mol. The highest BCUT2D eigenvalue weighted by Crippen LogP contribution is 2.21. The predicted octanol–water partition coefficient (Wildman–Crippen LogP) is 3.82. The van der Waals surface area contributed by atoms with Gasteiger partial charge in [-0.1, -0.05) is 12.1 Å². The smallest absolute Gasteiger partial charge is 0.232 e. The van der Waals surface area contributed by atoms with Gasteiger partial charge in [-0.05, 0) is 24.6 Å². The number of amides is 1. The van der Waals surface area contributed by atoms with E-state index in [1.807, 2.05) is 12.3 Å². The van der Waals surface area contributed by atoms with Gasteiger partial charge in [-0.3, -0.25) is 4.79 Å². The summed E-state index contributed by atoms with van der Waals surface area (Å²) in [6, 6.07) is 6.37. The van der Waals surface area contributed by atoms with E-state index in [2.05, 4.69) is 15.3 Å². The summed E-state index contributed by atoms with van der Waals surface area (Å²) in [5.74, 6) is -0.374. The number of benzene rings is 1. The summed E-state index contributed by atoms with van der Waals surface area (Å²) in [5.41, 5.74) is 1.78. The zero-order valence-electron chi connectivity index (χ0n) is 12.4. The molecule has 0 fully saturated rings. The van der Waals surface area contributed by atoms with Gasteiger partial charge in [0.25, 0.3) is 0 Å². The molecule has 0 aliphatic rings. The quantitative estimate of drug-likeness (QED) is 0.763. The van der Waals surface area contributed by atoms with Gasteiger partial charge in [0.15, 0.2) is 5.13 Å². The molecule has 4 nitrogen and oxygen atoms in total. The second kappa shape index (κ2) is 6.97. The topological polar surface area (TPSA) is 54.9 Å². The minimum absolute atomic E-state index is 0.127. The molecule has 2 aromatic heterocycles. The Morgan fingerprint density at radius 2 is 2.09 bits per heavy atom. The fourth-order valence-electron chi connectivity index (χ4n) is 2.07. The summed E-state index contributed by atoms with van der Waals surface area (Å²) < 4.78 is 12.9. The van der Waals surface area contributed by atoms with Crippen LogP contribution in [-0.2, 0) is 17.6 Å². The molecule has 1 aromatic carbocycles. The van der Waals surface area contributed by atoms with Gasteiger partial charge in [0.05, 0.1) is 17.1 Å². The van der Waals surface area contributed by atoms with Crippen LogP contribution in [0.25, 0.3) is 0 Å². The lowest BCUT2D eigenvalue weighted by Gasteiger charge is -1.99. The van der Waals surface area contributed by atoms with Crippen molar-refractivity contribution < 1.29 is 9.18 Å². The fraction of sp³-hybridized carbons (Fsp3) is 0.188. The lowest BCUT2D eigenvalue weighted by Crippen LogP contribution is -2.14. The Bertz CT molecular complexity index is 811. The van der Waals surface area contributed by atoms with Gasteiger partial charge >= 0.3 is 0 Å². The van der Waals surface area contributed by atoms with Crippen molar-refractivity contribution in [2.75, 3.05) is 5.32 Å². The van der Waals surface area contributed by atoms with Crippen LogP contribution in [0.15, 0.2) is 35.8 Å². The molecule has 0 aliphatic carbocycles. The predicted molar refractivity (Wildman–Crippen MR) is 90.5 cm³/mol. The Morgan fingerprint density at radius 1 is 1.30 bits per heavy atom. The van der Waals surface area contributed by atoms with Gasteiger partial charge < -0.3 is 5.32 Å². The van der Waals surface area contributed by atoms with E-state index >= 15 is 0 Å². The molecule has 0 unspecified atom stereocenters. The summed E-state index contributed by atoms with van der Waals surface area (Å²) in [6.07, 6.45) is 2.65. The third-order valence-electron chi connectivity index (χ3n) is 3.10. The molecule has 23 heavy (non-hydrogen) atoms. The maximum Gasteiger partial charge on any atom is 0.232 e. The molecule has 0 saturated carbocycles. The lowest BCUT2D eigenvalue weighted by atomic mass is 10.1. The first-order valence-corrected chi connectivity index (χ1v) is 8.68. The van der Waals surface area contributed by atoms with Gasteiger partial charge in [-0.25, -0.2) is 14.4 Å². The summed E-state index contributed by atoms with van der Waals surface area (Å²) in [4.78, 5) is 21.5. The van der Waals surface area contributed by atoms with E-state index in [-0.39, 0.29) is 18.1 Å². The average molecular weight is 347 g/mol. The molecule has 1 N–H and O–H groups in total. The molecular formula is C16H14FN3OS2. The molecule has 0 bridgehead atoms. The van der Waals surface area contributed by atoms with Crippen LogP contribution < -0.4 is 5.32 Å². The van der Waals surface area contributed by atoms with E-state index in [1.165, 1.54) is 34.8 Å². The van der Waals surface area contributed by atoms with Gasteiger partial charge in [0.1, 0.15) is 5.82 Å². The Balaban J connectivity index is 1.58. The zero-order valence-corrected chi connectivity index (χ0v) is 14.0. The molecule has 0 saturated heterocycles. The molecule has 1 amide bonds. The molecule has 3 rings (SSSR count). The fourth-order valence-corrected chi connectivity index (χ4v) is 3.54. The van der Waals surface area contributed by atoms with E-state index < -0.39 is 0 Å². The van der Waals surface area contributed by atoms with Crippen LogP contribution in [0.4, 0.5) is 9.52 Å². The number of halogens is 1. The molecule has 0 radical (unpaired) electrons. The Hall–Kier alpha value is -2.12. The van der Waals surface area contributed by atoms with Gasteiger partial charge in [-0.15, -0.1) is 22.7 Å². The third kappa shape index (κ3) is 4.43. The Kier molecular flexibility index (Phi) is 4.78. The molecule has 3 aromatic rings. The second-order valence-electron chi connectivity index (χ2n) is 5.02. The lowest BCUT2D eigenvalue weighted by molar-refractivity contribution is -0.115. The van der Waals surface area contributed by atoms with E-state index in [4.69, 9.17) is 0 Å². The van der Waals surface area contributed by atoms with Crippen molar-refractivity contribution in [3.05, 3.63) is 62.8 Å². The van der Waals surface area contributed by atoms with Crippen LogP contribution in [0.5, 0.6) is 0 Å². The SMILES string of the molecule is Cc1nc(CC(=O)Nc2ncc(Cc3ccc(F)cc3)s2)cs1. The van der Waals surface area contributed by atoms with Crippen LogP contribution in [0, 0.1) is 12.7 Å². The van der Waals surface area contributed by atoms with E-state index in [0.717, 1.165) is 21.1 Å². The first-order valence-electron chi connectivity index (χ1n) is 6.98.